The van der Waals surface area contributed by atoms with Gasteiger partial charge in [0, 0.05) is 31.9 Å². The normalized spacial score (nSPS) is 12.7. The molecule has 1 heterocycles. The minimum Gasteiger partial charge on any atom is -0.309 e. The molecule has 0 fully saturated rings. The summed E-state index contributed by atoms with van der Waals surface area (Å²) in [6.07, 6.45) is 2.19. The van der Waals surface area contributed by atoms with E-state index in [-0.39, 0.29) is 0 Å². The first kappa shape index (κ1) is 18.3. The van der Waals surface area contributed by atoms with Gasteiger partial charge in [-0.15, -0.1) is 23.5 Å². The molecule has 0 atom stereocenters. The first-order valence-corrected chi connectivity index (χ1v) is 11.3. The number of para-hydroxylation sites is 3. The Labute approximate surface area is 170 Å². The lowest BCUT2D eigenvalue weighted by Gasteiger charge is -2.35. The number of rotatable bonds is 4. The zero-order chi connectivity index (χ0) is 18.8. The molecule has 0 spiro atoms. The maximum Gasteiger partial charge on any atom is 0.0541 e. The monoisotopic (exact) mass is 389 g/mol. The van der Waals surface area contributed by atoms with Gasteiger partial charge in [0.1, 0.15) is 0 Å². The summed E-state index contributed by atoms with van der Waals surface area (Å²) in [4.78, 5) is 2.38. The molecule has 4 rings (SSSR count). The summed E-state index contributed by atoms with van der Waals surface area (Å²) in [5.74, 6) is 0. The highest BCUT2D eigenvalue weighted by molar-refractivity contribution is 8.22. The summed E-state index contributed by atoms with van der Waals surface area (Å²) in [7, 11) is 0. The Morgan fingerprint density at radius 3 is 1.78 bits per heavy atom. The Bertz CT molecular complexity index is 927. The molecule has 0 aromatic heterocycles. The third-order valence-corrected chi connectivity index (χ3v) is 6.83. The van der Waals surface area contributed by atoms with Crippen LogP contribution in [-0.4, -0.2) is 11.5 Å². The van der Waals surface area contributed by atoms with Gasteiger partial charge >= 0.3 is 0 Å². The molecule has 1 nitrogen and oxygen atoms in total. The number of hydrogen-bond acceptors (Lipinski definition) is 3. The summed E-state index contributed by atoms with van der Waals surface area (Å²) < 4.78 is 1.39. The molecule has 1 aliphatic heterocycles. The fourth-order valence-corrected chi connectivity index (χ4v) is 5.69. The largest absolute Gasteiger partial charge is 0.309 e. The molecular formula is C24H23NS2. The summed E-state index contributed by atoms with van der Waals surface area (Å²) in [5, 5.41) is 0.548. The van der Waals surface area contributed by atoms with Crippen molar-refractivity contribution in [1.82, 2.24) is 0 Å². The summed E-state index contributed by atoms with van der Waals surface area (Å²) in [6.45, 7) is 4.52. The van der Waals surface area contributed by atoms with Gasteiger partial charge in [-0.25, -0.2) is 0 Å². The number of fused-ring (bicyclic) bond motifs is 2. The number of benzene rings is 3. The quantitative estimate of drug-likeness (QED) is 0.352. The lowest BCUT2D eigenvalue weighted by Crippen LogP contribution is -2.18. The minimum atomic E-state index is 0.548. The van der Waals surface area contributed by atoms with Gasteiger partial charge in [-0.05, 0) is 30.5 Å². The number of anilines is 3. The van der Waals surface area contributed by atoms with Crippen molar-refractivity contribution >= 4 is 46.2 Å². The molecule has 27 heavy (non-hydrogen) atoms. The molecule has 1 aliphatic rings. The lowest BCUT2D eigenvalue weighted by molar-refractivity contribution is 1.12. The maximum absolute atomic E-state index is 2.38. The van der Waals surface area contributed by atoms with Gasteiger partial charge in [0.2, 0.25) is 0 Å². The average molecular weight is 390 g/mol. The fourth-order valence-electron chi connectivity index (χ4n) is 3.53. The lowest BCUT2D eigenvalue weighted by atomic mass is 9.91. The zero-order valence-corrected chi connectivity index (χ0v) is 17.5. The Hall–Kier alpha value is -2.10. The molecule has 3 aromatic rings. The van der Waals surface area contributed by atoms with Crippen LogP contribution in [0, 0.1) is 0 Å². The first-order chi connectivity index (χ1) is 13.2. The molecule has 3 heteroatoms. The Morgan fingerprint density at radius 2 is 1.26 bits per heavy atom. The highest BCUT2D eigenvalue weighted by atomic mass is 32.2. The van der Waals surface area contributed by atoms with Crippen LogP contribution in [0.25, 0.3) is 5.57 Å². The van der Waals surface area contributed by atoms with Crippen LogP contribution >= 0.6 is 23.5 Å². The van der Waals surface area contributed by atoms with Crippen molar-refractivity contribution in [2.45, 2.75) is 19.1 Å². The van der Waals surface area contributed by atoms with Gasteiger partial charge in [0.25, 0.3) is 0 Å². The number of nitrogens with zero attached hydrogens (tertiary/aromatic N) is 1. The van der Waals surface area contributed by atoms with E-state index in [0.29, 0.717) is 5.25 Å². The van der Waals surface area contributed by atoms with Gasteiger partial charge < -0.3 is 4.90 Å². The second-order valence-corrected chi connectivity index (χ2v) is 9.40. The average Bonchev–Trinajstić information content (AvgIpc) is 2.71. The molecular weight excluding hydrogens is 366 g/mol. The van der Waals surface area contributed by atoms with Crippen LogP contribution in [0.1, 0.15) is 25.0 Å². The third kappa shape index (κ3) is 3.42. The summed E-state index contributed by atoms with van der Waals surface area (Å²) in [6, 6.07) is 28.2. The molecule has 0 bridgehead atoms. The minimum absolute atomic E-state index is 0.548. The van der Waals surface area contributed by atoms with Gasteiger partial charge in [-0.3, -0.25) is 0 Å². The fraction of sp³-hybridized carbons (Fsp3) is 0.167. The predicted molar refractivity (Wildman–Crippen MR) is 123 cm³/mol. The predicted octanol–water partition coefficient (Wildman–Crippen LogP) is 7.69. The molecule has 0 radical (unpaired) electrons. The van der Waals surface area contributed by atoms with Crippen molar-refractivity contribution in [2.24, 2.45) is 0 Å². The topological polar surface area (TPSA) is 3.24 Å². The first-order valence-electron chi connectivity index (χ1n) is 9.19. The van der Waals surface area contributed by atoms with Crippen LogP contribution in [-0.2, 0) is 0 Å². The zero-order valence-electron chi connectivity index (χ0n) is 15.8. The van der Waals surface area contributed by atoms with E-state index in [2.05, 4.69) is 104 Å². The van der Waals surface area contributed by atoms with E-state index >= 15 is 0 Å². The van der Waals surface area contributed by atoms with Crippen LogP contribution in [0.5, 0.6) is 0 Å². The Morgan fingerprint density at radius 1 is 0.741 bits per heavy atom. The summed E-state index contributed by atoms with van der Waals surface area (Å²) >= 11 is 3.81. The van der Waals surface area contributed by atoms with E-state index in [1.807, 2.05) is 23.5 Å². The molecule has 0 saturated carbocycles. The van der Waals surface area contributed by atoms with Crippen LogP contribution in [0.3, 0.4) is 0 Å². The van der Waals surface area contributed by atoms with Crippen molar-refractivity contribution < 1.29 is 0 Å². The van der Waals surface area contributed by atoms with E-state index in [1.54, 1.807) is 0 Å². The highest BCUT2D eigenvalue weighted by Gasteiger charge is 2.29. The summed E-state index contributed by atoms with van der Waals surface area (Å²) in [5.41, 5.74) is 7.65. The second kappa shape index (κ2) is 7.87. The second-order valence-electron chi connectivity index (χ2n) is 6.74. The Kier molecular flexibility index (Phi) is 5.33. The van der Waals surface area contributed by atoms with E-state index in [9.17, 15) is 0 Å². The van der Waals surface area contributed by atoms with Crippen molar-refractivity contribution in [3.05, 3.63) is 94.2 Å². The molecule has 0 amide bonds. The Balaban J connectivity index is 2.03. The van der Waals surface area contributed by atoms with Crippen molar-refractivity contribution in [1.29, 1.82) is 0 Å². The number of thioether (sulfide) groups is 2. The van der Waals surface area contributed by atoms with Gasteiger partial charge in [-0.2, -0.15) is 0 Å². The standard InChI is InChI=1S/C24H23NS2/c1-17(2)27-24(26-3)23-19-13-7-9-15-21(19)25(18-11-5-4-6-12-18)22-16-10-8-14-20(22)23/h4-17H,1-3H3. The molecule has 136 valence electrons. The van der Waals surface area contributed by atoms with Crippen LogP contribution in [0.2, 0.25) is 0 Å². The molecule has 0 N–H and O–H groups in total. The third-order valence-electron chi connectivity index (χ3n) is 4.58. The van der Waals surface area contributed by atoms with E-state index < -0.39 is 0 Å². The highest BCUT2D eigenvalue weighted by Crippen LogP contribution is 2.52. The molecule has 0 unspecified atom stereocenters. The van der Waals surface area contributed by atoms with E-state index in [0.717, 1.165) is 0 Å². The van der Waals surface area contributed by atoms with Crippen molar-refractivity contribution in [3.8, 4) is 0 Å². The van der Waals surface area contributed by atoms with Crippen molar-refractivity contribution in [2.75, 3.05) is 11.2 Å². The van der Waals surface area contributed by atoms with E-state index in [1.165, 1.54) is 38.0 Å². The molecule has 0 aliphatic carbocycles. The maximum atomic E-state index is 2.38. The molecule has 0 saturated heterocycles. The van der Waals surface area contributed by atoms with E-state index in [4.69, 9.17) is 0 Å². The van der Waals surface area contributed by atoms with Crippen LogP contribution in [0.15, 0.2) is 83.1 Å². The smallest absolute Gasteiger partial charge is 0.0541 e. The van der Waals surface area contributed by atoms with Gasteiger partial charge in [-0.1, -0.05) is 68.4 Å². The van der Waals surface area contributed by atoms with Crippen LogP contribution < -0.4 is 4.90 Å². The van der Waals surface area contributed by atoms with Crippen molar-refractivity contribution in [3.63, 3.8) is 0 Å². The SMILES string of the molecule is CSC(SC(C)C)=C1c2ccccc2N(c2ccccc2)c2ccccc21. The van der Waals surface area contributed by atoms with Gasteiger partial charge in [0.15, 0.2) is 0 Å². The number of hydrogen-bond donors (Lipinski definition) is 0. The van der Waals surface area contributed by atoms with Gasteiger partial charge in [0.05, 0.1) is 11.4 Å². The molecule has 3 aromatic carbocycles. The van der Waals surface area contributed by atoms with Crippen LogP contribution in [0.4, 0.5) is 17.1 Å².